The van der Waals surface area contributed by atoms with E-state index in [1.54, 1.807) is 0 Å². The van der Waals surface area contributed by atoms with Crippen LogP contribution in [0.15, 0.2) is 191 Å². The molecular weight excluding hydrogens is 673 g/mol. The molecule has 4 nitrogen and oxygen atoms in total. The second-order valence-electron chi connectivity index (χ2n) is 14.3. The van der Waals surface area contributed by atoms with Crippen molar-refractivity contribution in [1.82, 2.24) is 9.55 Å². The number of fused-ring (bicyclic) bond motifs is 11. The second-order valence-corrected chi connectivity index (χ2v) is 14.3. The lowest BCUT2D eigenvalue weighted by Crippen LogP contribution is -1.92. The van der Waals surface area contributed by atoms with Gasteiger partial charge in [-0.2, -0.15) is 0 Å². The van der Waals surface area contributed by atoms with Crippen LogP contribution in [0.25, 0.3) is 116 Å². The summed E-state index contributed by atoms with van der Waals surface area (Å²) in [5.74, 6) is 0.585. The van der Waals surface area contributed by atoms with Gasteiger partial charge in [-0.15, -0.1) is 0 Å². The molecule has 12 aromatic rings. The van der Waals surface area contributed by atoms with Crippen molar-refractivity contribution in [2.24, 2.45) is 0 Å². The number of aromatic nitrogens is 2. The van der Waals surface area contributed by atoms with Crippen molar-refractivity contribution in [3.63, 3.8) is 0 Å². The van der Waals surface area contributed by atoms with Gasteiger partial charge in [-0.1, -0.05) is 115 Å². The zero-order chi connectivity index (χ0) is 36.0. The predicted molar refractivity (Wildman–Crippen MR) is 227 cm³/mol. The fraction of sp³-hybridized carbons (Fsp3) is 0. The number of hydrogen-bond donors (Lipinski definition) is 0. The van der Waals surface area contributed by atoms with Crippen molar-refractivity contribution in [3.05, 3.63) is 182 Å². The Morgan fingerprint density at radius 1 is 0.382 bits per heavy atom. The van der Waals surface area contributed by atoms with Crippen LogP contribution in [0, 0.1) is 0 Å². The number of oxazole rings is 1. The molecule has 0 saturated carbocycles. The highest BCUT2D eigenvalue weighted by Crippen LogP contribution is 2.42. The van der Waals surface area contributed by atoms with Crippen LogP contribution < -0.4 is 0 Å². The van der Waals surface area contributed by atoms with Crippen molar-refractivity contribution in [1.29, 1.82) is 0 Å². The molecule has 0 aliphatic carbocycles. The average molecular weight is 703 g/mol. The van der Waals surface area contributed by atoms with E-state index in [0.29, 0.717) is 5.89 Å². The van der Waals surface area contributed by atoms with Crippen molar-refractivity contribution < 1.29 is 8.83 Å². The highest BCUT2D eigenvalue weighted by Gasteiger charge is 2.19. The summed E-state index contributed by atoms with van der Waals surface area (Å²) < 4.78 is 15.3. The summed E-state index contributed by atoms with van der Waals surface area (Å²) >= 11 is 0. The Morgan fingerprint density at radius 3 is 1.95 bits per heavy atom. The minimum Gasteiger partial charge on any atom is -0.456 e. The van der Waals surface area contributed by atoms with E-state index in [1.165, 1.54) is 54.5 Å². The molecule has 0 aliphatic heterocycles. The minimum atomic E-state index is 0.585. The third kappa shape index (κ3) is 4.49. The number of hydrogen-bond acceptors (Lipinski definition) is 3. The standard InChI is InChI=1S/C51H30N2O2/c1-2-12-35(13-3-1)53-43-19-9-8-17-40(43)48-37(18-10-20-44(48)53)31-21-23-32(24-22-31)51-52-50-46(55-51)28-27-45-49(50)41-26-25-34(30-47(41)54-45)42-29-33-11-4-5-14-36(33)38-15-6-7-16-39(38)42/h1-30H. The Balaban J connectivity index is 0.949. The normalized spacial score (nSPS) is 12.0. The van der Waals surface area contributed by atoms with Crippen LogP contribution in [0.3, 0.4) is 0 Å². The van der Waals surface area contributed by atoms with Gasteiger partial charge in [-0.25, -0.2) is 4.98 Å². The van der Waals surface area contributed by atoms with Crippen LogP contribution >= 0.6 is 0 Å². The van der Waals surface area contributed by atoms with Crippen LogP contribution in [0.1, 0.15) is 0 Å². The summed E-state index contributed by atoms with van der Waals surface area (Å²) in [5, 5.41) is 9.41. The van der Waals surface area contributed by atoms with Gasteiger partial charge in [0.2, 0.25) is 5.89 Å². The van der Waals surface area contributed by atoms with Gasteiger partial charge in [0, 0.05) is 27.4 Å². The average Bonchev–Trinajstić information content (AvgIpc) is 3.95. The highest BCUT2D eigenvalue weighted by molar-refractivity contribution is 6.19. The molecule has 0 atom stereocenters. The van der Waals surface area contributed by atoms with E-state index in [2.05, 4.69) is 174 Å². The van der Waals surface area contributed by atoms with Crippen LogP contribution in [0.4, 0.5) is 0 Å². The van der Waals surface area contributed by atoms with Crippen LogP contribution in [0.2, 0.25) is 0 Å². The Kier molecular flexibility index (Phi) is 6.31. The van der Waals surface area contributed by atoms with Crippen LogP contribution in [-0.4, -0.2) is 9.55 Å². The summed E-state index contributed by atoms with van der Waals surface area (Å²) in [6, 6.07) is 64.4. The summed E-state index contributed by atoms with van der Waals surface area (Å²) in [4.78, 5) is 5.09. The van der Waals surface area contributed by atoms with E-state index in [1.807, 2.05) is 12.1 Å². The molecular formula is C51H30N2O2. The molecule has 0 aliphatic rings. The zero-order valence-electron chi connectivity index (χ0n) is 29.5. The minimum absolute atomic E-state index is 0.585. The summed E-state index contributed by atoms with van der Waals surface area (Å²) in [6.45, 7) is 0. The van der Waals surface area contributed by atoms with Crippen molar-refractivity contribution >= 4 is 76.4 Å². The maximum atomic E-state index is 6.51. The fourth-order valence-electron chi connectivity index (χ4n) is 8.74. The molecule has 9 aromatic carbocycles. The molecule has 3 heterocycles. The van der Waals surface area contributed by atoms with E-state index in [0.717, 1.165) is 55.4 Å². The smallest absolute Gasteiger partial charge is 0.227 e. The lowest BCUT2D eigenvalue weighted by Gasteiger charge is -2.11. The van der Waals surface area contributed by atoms with E-state index in [-0.39, 0.29) is 0 Å². The molecule has 0 bridgehead atoms. The molecule has 4 heteroatoms. The predicted octanol–water partition coefficient (Wildman–Crippen LogP) is 14.1. The summed E-state index contributed by atoms with van der Waals surface area (Å²) in [6.07, 6.45) is 0. The second kappa shape index (κ2) is 11.5. The number of rotatable bonds is 4. The van der Waals surface area contributed by atoms with Crippen LogP contribution in [-0.2, 0) is 0 Å². The number of para-hydroxylation sites is 2. The highest BCUT2D eigenvalue weighted by atomic mass is 16.4. The lowest BCUT2D eigenvalue weighted by molar-refractivity contribution is 0.619. The first kappa shape index (κ1) is 30.1. The molecule has 3 aromatic heterocycles. The van der Waals surface area contributed by atoms with Gasteiger partial charge in [-0.05, 0) is 111 Å². The van der Waals surface area contributed by atoms with E-state index in [9.17, 15) is 0 Å². The quantitative estimate of drug-likeness (QED) is 0.172. The van der Waals surface area contributed by atoms with Gasteiger partial charge in [0.05, 0.1) is 16.4 Å². The number of benzene rings is 9. The molecule has 0 saturated heterocycles. The van der Waals surface area contributed by atoms with E-state index in [4.69, 9.17) is 13.8 Å². The number of nitrogens with zero attached hydrogens (tertiary/aromatic N) is 2. The van der Waals surface area contributed by atoms with Gasteiger partial charge in [-0.3, -0.25) is 0 Å². The zero-order valence-corrected chi connectivity index (χ0v) is 29.5. The lowest BCUT2D eigenvalue weighted by atomic mass is 9.93. The van der Waals surface area contributed by atoms with E-state index < -0.39 is 0 Å². The molecule has 12 rings (SSSR count). The third-order valence-corrected chi connectivity index (χ3v) is 11.2. The molecule has 0 N–H and O–H groups in total. The van der Waals surface area contributed by atoms with Gasteiger partial charge >= 0.3 is 0 Å². The topological polar surface area (TPSA) is 44.1 Å². The summed E-state index contributed by atoms with van der Waals surface area (Å²) in [7, 11) is 0. The monoisotopic (exact) mass is 702 g/mol. The molecule has 0 radical (unpaired) electrons. The van der Waals surface area contributed by atoms with Gasteiger partial charge in [0.1, 0.15) is 16.7 Å². The first-order valence-electron chi connectivity index (χ1n) is 18.6. The Labute approximate surface area is 315 Å². The molecule has 0 amide bonds. The van der Waals surface area contributed by atoms with Crippen LogP contribution in [0.5, 0.6) is 0 Å². The Morgan fingerprint density at radius 2 is 1.07 bits per heavy atom. The van der Waals surface area contributed by atoms with E-state index >= 15 is 0 Å². The Hall–Kier alpha value is -7.43. The third-order valence-electron chi connectivity index (χ3n) is 11.2. The maximum absolute atomic E-state index is 6.51. The van der Waals surface area contributed by atoms with Gasteiger partial charge in [0.25, 0.3) is 0 Å². The number of furan rings is 1. The molecule has 256 valence electrons. The van der Waals surface area contributed by atoms with Crippen molar-refractivity contribution in [2.45, 2.75) is 0 Å². The molecule has 55 heavy (non-hydrogen) atoms. The first-order valence-corrected chi connectivity index (χ1v) is 18.6. The Bertz CT molecular complexity index is 3480. The largest absolute Gasteiger partial charge is 0.456 e. The molecule has 0 spiro atoms. The van der Waals surface area contributed by atoms with Gasteiger partial charge in [0.15, 0.2) is 5.58 Å². The van der Waals surface area contributed by atoms with Gasteiger partial charge < -0.3 is 13.4 Å². The maximum Gasteiger partial charge on any atom is 0.227 e. The van der Waals surface area contributed by atoms with Crippen molar-refractivity contribution in [2.75, 3.05) is 0 Å². The van der Waals surface area contributed by atoms with Crippen molar-refractivity contribution in [3.8, 4) is 39.4 Å². The summed E-state index contributed by atoms with van der Waals surface area (Å²) in [5.41, 5.74) is 12.2. The SMILES string of the molecule is c1ccc(-n2c3ccccc3c3c(-c4ccc(-c5nc6c(ccc7oc8cc(-c9cc%10ccccc%10c%10ccccc9%10)ccc8c76)o5)cc4)cccc32)cc1. The molecule has 0 fully saturated rings. The fourth-order valence-corrected chi connectivity index (χ4v) is 8.74. The molecule has 0 unspecified atom stereocenters. The first-order chi connectivity index (χ1) is 27.3.